The molecule has 2 rings (SSSR count). The zero-order valence-electron chi connectivity index (χ0n) is 14.8. The number of guanidine groups is 1. The van der Waals surface area contributed by atoms with Crippen LogP contribution >= 0.6 is 0 Å². The highest BCUT2D eigenvalue weighted by Gasteiger charge is 2.16. The van der Waals surface area contributed by atoms with Gasteiger partial charge in [-0.15, -0.1) is 0 Å². The van der Waals surface area contributed by atoms with Gasteiger partial charge in [0.15, 0.2) is 5.96 Å². The number of nitrogens with one attached hydrogen (secondary N) is 2. The van der Waals surface area contributed by atoms with Crippen molar-refractivity contribution in [2.45, 2.75) is 19.9 Å². The minimum absolute atomic E-state index is 0.421. The molecule has 0 bridgehead atoms. The van der Waals surface area contributed by atoms with Gasteiger partial charge in [-0.25, -0.2) is 0 Å². The van der Waals surface area contributed by atoms with Crippen molar-refractivity contribution >= 4 is 5.96 Å². The van der Waals surface area contributed by atoms with E-state index < -0.39 is 0 Å². The lowest BCUT2D eigenvalue weighted by Gasteiger charge is -2.31. The Labute approximate surface area is 145 Å². The number of hydrogen-bond donors (Lipinski definition) is 2. The summed E-state index contributed by atoms with van der Waals surface area (Å²) in [5.74, 6) is 1.73. The van der Waals surface area contributed by atoms with E-state index in [2.05, 4.69) is 34.4 Å². The van der Waals surface area contributed by atoms with E-state index in [0.29, 0.717) is 19.2 Å². The predicted octanol–water partition coefficient (Wildman–Crippen LogP) is 1.34. The molecular formula is C18H30N4O2. The summed E-state index contributed by atoms with van der Waals surface area (Å²) < 4.78 is 11.1. The zero-order valence-corrected chi connectivity index (χ0v) is 14.8. The summed E-state index contributed by atoms with van der Waals surface area (Å²) in [5, 5.41) is 6.60. The highest BCUT2D eigenvalue weighted by molar-refractivity contribution is 5.79. The normalized spacial score (nSPS) is 17.3. The molecule has 1 aliphatic heterocycles. The Bertz CT molecular complexity index is 475. The van der Waals surface area contributed by atoms with Gasteiger partial charge in [0.05, 0.1) is 26.3 Å². The molecular weight excluding hydrogens is 304 g/mol. The number of hydrogen-bond acceptors (Lipinski definition) is 4. The summed E-state index contributed by atoms with van der Waals surface area (Å²) in [4.78, 5) is 7.12. The SMILES string of the molecule is CCNC(=NCC(C)N1CCOCC1)NCCOc1ccccc1. The first-order valence-electron chi connectivity index (χ1n) is 8.81. The fourth-order valence-corrected chi connectivity index (χ4v) is 2.55. The number of ether oxygens (including phenoxy) is 2. The molecule has 0 amide bonds. The van der Waals surface area contributed by atoms with Crippen molar-refractivity contribution in [2.75, 3.05) is 52.5 Å². The van der Waals surface area contributed by atoms with Gasteiger partial charge in [0.2, 0.25) is 0 Å². The summed E-state index contributed by atoms with van der Waals surface area (Å²) in [6.07, 6.45) is 0. The van der Waals surface area contributed by atoms with Gasteiger partial charge in [-0.3, -0.25) is 9.89 Å². The van der Waals surface area contributed by atoms with E-state index in [1.54, 1.807) is 0 Å². The van der Waals surface area contributed by atoms with Crippen molar-refractivity contribution in [2.24, 2.45) is 4.99 Å². The molecule has 6 heteroatoms. The Morgan fingerprint density at radius 3 is 2.71 bits per heavy atom. The number of aliphatic imine (C=N–C) groups is 1. The Balaban J connectivity index is 1.71. The molecule has 1 atom stereocenters. The summed E-state index contributed by atoms with van der Waals surface area (Å²) in [6, 6.07) is 10.3. The summed E-state index contributed by atoms with van der Waals surface area (Å²) in [6.45, 7) is 10.9. The van der Waals surface area contributed by atoms with Gasteiger partial charge < -0.3 is 20.1 Å². The smallest absolute Gasteiger partial charge is 0.191 e. The maximum atomic E-state index is 5.69. The lowest BCUT2D eigenvalue weighted by molar-refractivity contribution is 0.0220. The molecule has 0 aliphatic carbocycles. The van der Waals surface area contributed by atoms with Crippen LogP contribution < -0.4 is 15.4 Å². The second-order valence-corrected chi connectivity index (χ2v) is 5.81. The second-order valence-electron chi connectivity index (χ2n) is 5.81. The van der Waals surface area contributed by atoms with Gasteiger partial charge in [0.25, 0.3) is 0 Å². The van der Waals surface area contributed by atoms with Crippen LogP contribution in [0.15, 0.2) is 35.3 Å². The fraction of sp³-hybridized carbons (Fsp3) is 0.611. The molecule has 0 saturated carbocycles. The second kappa shape index (κ2) is 10.9. The topological polar surface area (TPSA) is 58.1 Å². The van der Waals surface area contributed by atoms with Crippen LogP contribution in [0, 0.1) is 0 Å². The minimum Gasteiger partial charge on any atom is -0.492 e. The molecule has 1 aromatic rings. The Morgan fingerprint density at radius 1 is 1.25 bits per heavy atom. The lowest BCUT2D eigenvalue weighted by Crippen LogP contribution is -2.44. The number of para-hydroxylation sites is 1. The maximum Gasteiger partial charge on any atom is 0.191 e. The van der Waals surface area contributed by atoms with Crippen molar-refractivity contribution in [3.8, 4) is 5.75 Å². The first-order valence-corrected chi connectivity index (χ1v) is 8.81. The maximum absolute atomic E-state index is 5.69. The molecule has 134 valence electrons. The van der Waals surface area contributed by atoms with Crippen molar-refractivity contribution in [1.82, 2.24) is 15.5 Å². The number of morpholine rings is 1. The molecule has 1 heterocycles. The Kier molecular flexibility index (Phi) is 8.41. The molecule has 24 heavy (non-hydrogen) atoms. The first kappa shape index (κ1) is 18.5. The van der Waals surface area contributed by atoms with Gasteiger partial charge in [0.1, 0.15) is 12.4 Å². The fourth-order valence-electron chi connectivity index (χ4n) is 2.55. The van der Waals surface area contributed by atoms with Crippen LogP contribution in [-0.2, 0) is 4.74 Å². The van der Waals surface area contributed by atoms with Gasteiger partial charge in [-0.05, 0) is 26.0 Å². The van der Waals surface area contributed by atoms with Gasteiger partial charge in [0, 0.05) is 25.7 Å². The van der Waals surface area contributed by atoms with Crippen LogP contribution in [-0.4, -0.2) is 69.4 Å². The third-order valence-corrected chi connectivity index (χ3v) is 3.93. The van der Waals surface area contributed by atoms with Crippen molar-refractivity contribution < 1.29 is 9.47 Å². The Hall–Kier alpha value is -1.79. The van der Waals surface area contributed by atoms with E-state index >= 15 is 0 Å². The Morgan fingerprint density at radius 2 is 2.00 bits per heavy atom. The summed E-state index contributed by atoms with van der Waals surface area (Å²) >= 11 is 0. The standard InChI is InChI=1S/C18H30N4O2/c1-3-19-18(20-9-12-24-17-7-5-4-6-8-17)21-15-16(2)22-10-13-23-14-11-22/h4-8,16H,3,9-15H2,1-2H3,(H2,19,20,21). The van der Waals surface area contributed by atoms with E-state index in [9.17, 15) is 0 Å². The van der Waals surface area contributed by atoms with Crippen LogP contribution in [0.2, 0.25) is 0 Å². The molecule has 6 nitrogen and oxygen atoms in total. The third kappa shape index (κ3) is 6.76. The monoisotopic (exact) mass is 334 g/mol. The zero-order chi connectivity index (χ0) is 17.0. The van der Waals surface area contributed by atoms with Gasteiger partial charge in [-0.1, -0.05) is 18.2 Å². The van der Waals surface area contributed by atoms with Crippen LogP contribution in [0.25, 0.3) is 0 Å². The number of rotatable bonds is 8. The minimum atomic E-state index is 0.421. The van der Waals surface area contributed by atoms with Crippen molar-refractivity contribution in [3.05, 3.63) is 30.3 Å². The molecule has 1 fully saturated rings. The largest absolute Gasteiger partial charge is 0.492 e. The van der Waals surface area contributed by atoms with Crippen LogP contribution in [0.5, 0.6) is 5.75 Å². The van der Waals surface area contributed by atoms with E-state index in [0.717, 1.165) is 51.1 Å². The third-order valence-electron chi connectivity index (χ3n) is 3.93. The molecule has 1 aliphatic rings. The molecule has 0 spiro atoms. The molecule has 1 saturated heterocycles. The summed E-state index contributed by atoms with van der Waals surface area (Å²) in [7, 11) is 0. The molecule has 0 radical (unpaired) electrons. The average Bonchev–Trinajstić information content (AvgIpc) is 2.64. The molecule has 1 aromatic carbocycles. The number of benzene rings is 1. The molecule has 1 unspecified atom stereocenters. The number of nitrogens with zero attached hydrogens (tertiary/aromatic N) is 2. The van der Waals surface area contributed by atoms with Crippen molar-refractivity contribution in [3.63, 3.8) is 0 Å². The van der Waals surface area contributed by atoms with Gasteiger partial charge in [-0.2, -0.15) is 0 Å². The highest BCUT2D eigenvalue weighted by Crippen LogP contribution is 2.07. The van der Waals surface area contributed by atoms with E-state index in [1.807, 2.05) is 30.3 Å². The van der Waals surface area contributed by atoms with Crippen LogP contribution in [0.4, 0.5) is 0 Å². The molecule has 2 N–H and O–H groups in total. The predicted molar refractivity (Wildman–Crippen MR) is 97.8 cm³/mol. The van der Waals surface area contributed by atoms with Crippen molar-refractivity contribution in [1.29, 1.82) is 0 Å². The van der Waals surface area contributed by atoms with E-state index in [1.165, 1.54) is 0 Å². The quantitative estimate of drug-likeness (QED) is 0.427. The van der Waals surface area contributed by atoms with E-state index in [-0.39, 0.29) is 0 Å². The van der Waals surface area contributed by atoms with Crippen LogP contribution in [0.1, 0.15) is 13.8 Å². The highest BCUT2D eigenvalue weighted by atomic mass is 16.5. The summed E-state index contributed by atoms with van der Waals surface area (Å²) in [5.41, 5.74) is 0. The van der Waals surface area contributed by atoms with Gasteiger partial charge >= 0.3 is 0 Å². The lowest BCUT2D eigenvalue weighted by atomic mass is 10.2. The van der Waals surface area contributed by atoms with Crippen LogP contribution in [0.3, 0.4) is 0 Å². The first-order chi connectivity index (χ1) is 11.8. The molecule has 0 aromatic heterocycles. The average molecular weight is 334 g/mol. The van der Waals surface area contributed by atoms with E-state index in [4.69, 9.17) is 9.47 Å².